The lowest BCUT2D eigenvalue weighted by Gasteiger charge is -2.19. The topological polar surface area (TPSA) is 48.0 Å². The highest BCUT2D eigenvalue weighted by atomic mass is 16.1. The first kappa shape index (κ1) is 12.8. The second-order valence-corrected chi connectivity index (χ2v) is 5.76. The lowest BCUT2D eigenvalue weighted by atomic mass is 9.96. The Hall–Kier alpha value is -1.61. The van der Waals surface area contributed by atoms with Crippen molar-refractivity contribution >= 4 is 10.9 Å². The van der Waals surface area contributed by atoms with E-state index in [0.29, 0.717) is 6.42 Å². The van der Waals surface area contributed by atoms with Crippen LogP contribution in [0.25, 0.3) is 10.9 Å². The van der Waals surface area contributed by atoms with Gasteiger partial charge in [-0.1, -0.05) is 11.6 Å². The van der Waals surface area contributed by atoms with Crippen LogP contribution in [0.15, 0.2) is 29.1 Å². The summed E-state index contributed by atoms with van der Waals surface area (Å²) in [6, 6.07) is 8.08. The second-order valence-electron chi connectivity index (χ2n) is 5.76. The molecule has 0 saturated heterocycles. The monoisotopic (exact) mass is 244 g/mol. The molecule has 0 aliphatic carbocycles. The molecule has 0 atom stereocenters. The molecule has 0 saturated carbocycles. The average molecular weight is 244 g/mol. The van der Waals surface area contributed by atoms with Gasteiger partial charge >= 0.3 is 0 Å². The van der Waals surface area contributed by atoms with Gasteiger partial charge < -0.3 is 10.3 Å². The minimum atomic E-state index is -0.371. The minimum absolute atomic E-state index is 0.0462. The Bertz CT molecular complexity index is 648. The normalized spacial score (nSPS) is 12.1. The summed E-state index contributed by atoms with van der Waals surface area (Å²) in [5, 5.41) is 1.09. The number of hydrogen-bond acceptors (Lipinski definition) is 2. The van der Waals surface area contributed by atoms with Crippen molar-refractivity contribution < 1.29 is 0 Å². The molecule has 0 radical (unpaired) electrons. The number of aryl methyl sites for hydroxylation is 2. The summed E-state index contributed by atoms with van der Waals surface area (Å²) in [7, 11) is 1.81. The maximum Gasteiger partial charge on any atom is 0.254 e. The summed E-state index contributed by atoms with van der Waals surface area (Å²) in [5.74, 6) is 0. The molecule has 3 nitrogen and oxygen atoms in total. The van der Waals surface area contributed by atoms with Gasteiger partial charge in [0.25, 0.3) is 5.56 Å². The van der Waals surface area contributed by atoms with Crippen LogP contribution < -0.4 is 11.3 Å². The summed E-state index contributed by atoms with van der Waals surface area (Å²) in [5.41, 5.74) is 8.62. The van der Waals surface area contributed by atoms with Crippen LogP contribution in [0.2, 0.25) is 0 Å². The molecule has 0 unspecified atom stereocenters. The van der Waals surface area contributed by atoms with E-state index in [1.807, 2.05) is 39.1 Å². The number of aromatic nitrogens is 1. The zero-order valence-electron chi connectivity index (χ0n) is 11.4. The average Bonchev–Trinajstić information content (AvgIpc) is 2.23. The van der Waals surface area contributed by atoms with Crippen molar-refractivity contribution in [2.24, 2.45) is 12.8 Å². The highest BCUT2D eigenvalue weighted by Gasteiger charge is 2.16. The molecule has 0 fully saturated rings. The van der Waals surface area contributed by atoms with Crippen LogP contribution in [0.4, 0.5) is 0 Å². The molecule has 0 aliphatic heterocycles. The van der Waals surface area contributed by atoms with E-state index in [-0.39, 0.29) is 11.1 Å². The van der Waals surface area contributed by atoms with Crippen LogP contribution in [-0.4, -0.2) is 10.1 Å². The van der Waals surface area contributed by atoms with Gasteiger partial charge in [0.2, 0.25) is 0 Å². The third-order valence-corrected chi connectivity index (χ3v) is 3.10. The van der Waals surface area contributed by atoms with Crippen molar-refractivity contribution in [3.05, 3.63) is 45.7 Å². The zero-order chi connectivity index (χ0) is 13.5. The van der Waals surface area contributed by atoms with Crippen molar-refractivity contribution in [3.63, 3.8) is 0 Å². The second kappa shape index (κ2) is 4.25. The quantitative estimate of drug-likeness (QED) is 0.879. The maximum atomic E-state index is 12.3. The van der Waals surface area contributed by atoms with Gasteiger partial charge in [0.15, 0.2) is 0 Å². The fourth-order valence-electron chi connectivity index (χ4n) is 2.29. The Morgan fingerprint density at radius 3 is 2.56 bits per heavy atom. The first-order valence-electron chi connectivity index (χ1n) is 6.16. The maximum absolute atomic E-state index is 12.3. The van der Waals surface area contributed by atoms with E-state index in [0.717, 1.165) is 16.5 Å². The van der Waals surface area contributed by atoms with Gasteiger partial charge in [-0.25, -0.2) is 0 Å². The Kier molecular flexibility index (Phi) is 3.03. The number of benzene rings is 1. The molecule has 2 N–H and O–H groups in total. The highest BCUT2D eigenvalue weighted by molar-refractivity contribution is 5.80. The predicted octanol–water partition coefficient (Wildman–Crippen LogP) is 2.13. The largest absolute Gasteiger partial charge is 0.325 e. The molecule has 2 aromatic rings. The standard InChI is InChI=1S/C15H20N2O/c1-10-5-6-13-11(7-10)8-12(9-15(2,3)16)14(18)17(13)4/h5-8H,9,16H2,1-4H3. The van der Waals surface area contributed by atoms with E-state index in [9.17, 15) is 4.79 Å². The molecular weight excluding hydrogens is 224 g/mol. The molecule has 3 heteroatoms. The van der Waals surface area contributed by atoms with Crippen LogP contribution in [0.5, 0.6) is 0 Å². The van der Waals surface area contributed by atoms with E-state index in [1.54, 1.807) is 4.57 Å². The molecule has 2 rings (SSSR count). The summed E-state index contributed by atoms with van der Waals surface area (Å²) < 4.78 is 1.70. The molecule has 0 aliphatic rings. The van der Waals surface area contributed by atoms with Gasteiger partial charge in [0, 0.05) is 18.2 Å². The fraction of sp³-hybridized carbons (Fsp3) is 0.400. The van der Waals surface area contributed by atoms with Crippen molar-refractivity contribution in [3.8, 4) is 0 Å². The first-order chi connectivity index (χ1) is 8.28. The molecule has 0 bridgehead atoms. The third-order valence-electron chi connectivity index (χ3n) is 3.10. The summed E-state index contributed by atoms with van der Waals surface area (Å²) >= 11 is 0. The van der Waals surface area contributed by atoms with Crippen LogP contribution in [0.3, 0.4) is 0 Å². The molecule has 18 heavy (non-hydrogen) atoms. The van der Waals surface area contributed by atoms with Gasteiger partial charge in [-0.05, 0) is 50.8 Å². The lowest BCUT2D eigenvalue weighted by Crippen LogP contribution is -2.37. The smallest absolute Gasteiger partial charge is 0.254 e. The molecule has 1 heterocycles. The van der Waals surface area contributed by atoms with Gasteiger partial charge in [0.1, 0.15) is 0 Å². The Balaban J connectivity index is 2.69. The van der Waals surface area contributed by atoms with Crippen molar-refractivity contribution in [2.75, 3.05) is 0 Å². The minimum Gasteiger partial charge on any atom is -0.325 e. The van der Waals surface area contributed by atoms with Crippen LogP contribution in [-0.2, 0) is 13.5 Å². The van der Waals surface area contributed by atoms with Crippen LogP contribution >= 0.6 is 0 Å². The van der Waals surface area contributed by atoms with Gasteiger partial charge in [0.05, 0.1) is 5.52 Å². The molecule has 96 valence electrons. The molecule has 0 spiro atoms. The first-order valence-corrected chi connectivity index (χ1v) is 6.16. The summed E-state index contributed by atoms with van der Waals surface area (Å²) in [6.07, 6.45) is 0.587. The van der Waals surface area contributed by atoms with Crippen LogP contribution in [0.1, 0.15) is 25.0 Å². The van der Waals surface area contributed by atoms with E-state index in [2.05, 4.69) is 13.0 Å². The molecule has 1 aromatic carbocycles. The van der Waals surface area contributed by atoms with Gasteiger partial charge in [-0.2, -0.15) is 0 Å². The van der Waals surface area contributed by atoms with Crippen molar-refractivity contribution in [2.45, 2.75) is 32.7 Å². The van der Waals surface area contributed by atoms with E-state index < -0.39 is 0 Å². The fourth-order valence-corrected chi connectivity index (χ4v) is 2.29. The number of fused-ring (bicyclic) bond motifs is 1. The molecular formula is C15H20N2O. The van der Waals surface area contributed by atoms with Gasteiger partial charge in [-0.15, -0.1) is 0 Å². The number of rotatable bonds is 2. The van der Waals surface area contributed by atoms with Crippen molar-refractivity contribution in [1.29, 1.82) is 0 Å². The zero-order valence-corrected chi connectivity index (χ0v) is 11.4. The van der Waals surface area contributed by atoms with Crippen molar-refractivity contribution in [1.82, 2.24) is 4.57 Å². The van der Waals surface area contributed by atoms with Crippen LogP contribution in [0, 0.1) is 6.92 Å². The highest BCUT2D eigenvalue weighted by Crippen LogP contribution is 2.17. The van der Waals surface area contributed by atoms with E-state index in [1.165, 1.54) is 5.56 Å². The van der Waals surface area contributed by atoms with E-state index in [4.69, 9.17) is 5.73 Å². The van der Waals surface area contributed by atoms with Gasteiger partial charge in [-0.3, -0.25) is 4.79 Å². The number of nitrogens with two attached hydrogens (primary N) is 1. The third kappa shape index (κ3) is 2.46. The Morgan fingerprint density at radius 1 is 1.28 bits per heavy atom. The summed E-state index contributed by atoms with van der Waals surface area (Å²) in [6.45, 7) is 5.93. The molecule has 1 aromatic heterocycles. The Labute approximate surface area is 107 Å². The van der Waals surface area contributed by atoms with E-state index >= 15 is 0 Å². The predicted molar refractivity (Wildman–Crippen MR) is 75.9 cm³/mol. The SMILES string of the molecule is Cc1ccc2c(c1)cc(CC(C)(C)N)c(=O)n2C. The number of hydrogen-bond donors (Lipinski definition) is 1. The Morgan fingerprint density at radius 2 is 1.94 bits per heavy atom. The molecule has 0 amide bonds. The number of pyridine rings is 1. The number of nitrogens with zero attached hydrogens (tertiary/aromatic N) is 1. The summed E-state index contributed by atoms with van der Waals surface area (Å²) in [4.78, 5) is 12.3. The lowest BCUT2D eigenvalue weighted by molar-refractivity contribution is 0.513.